The molecule has 120 valence electrons. The quantitative estimate of drug-likeness (QED) is 0.664. The molecule has 0 aliphatic rings. The van der Waals surface area contributed by atoms with Crippen molar-refractivity contribution in [3.63, 3.8) is 0 Å². The fourth-order valence-corrected chi connectivity index (χ4v) is 2.91. The molecule has 3 aromatic heterocycles. The van der Waals surface area contributed by atoms with Gasteiger partial charge in [0.2, 0.25) is 0 Å². The number of aromatic nitrogens is 4. The van der Waals surface area contributed by atoms with Crippen LogP contribution >= 0.6 is 11.3 Å². The molecule has 3 heterocycles. The van der Waals surface area contributed by atoms with Gasteiger partial charge in [-0.25, -0.2) is 0 Å². The Labute approximate surface area is 137 Å². The molecule has 0 fully saturated rings. The summed E-state index contributed by atoms with van der Waals surface area (Å²) in [4.78, 5) is 14.5. The van der Waals surface area contributed by atoms with Gasteiger partial charge in [-0.2, -0.15) is 9.61 Å². The Bertz CT molecular complexity index is 815. The fraction of sp³-hybridized carbons (Fsp3) is 0.333. The third-order valence-corrected chi connectivity index (χ3v) is 4.54. The molecule has 3 rings (SSSR count). The first kappa shape index (κ1) is 15.6. The molecule has 0 bridgehead atoms. The third kappa shape index (κ3) is 3.08. The van der Waals surface area contributed by atoms with Crippen molar-refractivity contribution >= 4 is 23.0 Å². The number of rotatable bonds is 5. The predicted octanol–water partition coefficient (Wildman–Crippen LogP) is 1.85. The summed E-state index contributed by atoms with van der Waals surface area (Å²) in [5.74, 6) is 0.456. The zero-order valence-corrected chi connectivity index (χ0v) is 13.9. The SMILES string of the molecule is COC(=O)C(C)N(C)Cc1ccc2nnc(-c3cccs3)n2n1. The van der Waals surface area contributed by atoms with E-state index in [0.29, 0.717) is 12.2 Å². The van der Waals surface area contributed by atoms with E-state index in [4.69, 9.17) is 4.74 Å². The van der Waals surface area contributed by atoms with E-state index >= 15 is 0 Å². The van der Waals surface area contributed by atoms with Gasteiger partial charge in [0, 0.05) is 6.54 Å². The number of nitrogens with zero attached hydrogens (tertiary/aromatic N) is 5. The van der Waals surface area contributed by atoms with Gasteiger partial charge in [-0.3, -0.25) is 9.69 Å². The van der Waals surface area contributed by atoms with Gasteiger partial charge < -0.3 is 4.74 Å². The molecular formula is C15H17N5O2S. The minimum absolute atomic E-state index is 0.267. The van der Waals surface area contributed by atoms with Gasteiger partial charge in [0.25, 0.3) is 0 Å². The van der Waals surface area contributed by atoms with E-state index in [1.807, 2.05) is 41.6 Å². The molecule has 0 amide bonds. The second kappa shape index (κ2) is 6.43. The number of carbonyl (C=O) groups excluding carboxylic acids is 1. The summed E-state index contributed by atoms with van der Waals surface area (Å²) in [7, 11) is 3.25. The fourth-order valence-electron chi connectivity index (χ4n) is 2.21. The number of esters is 1. The Morgan fingerprint density at radius 2 is 2.22 bits per heavy atom. The van der Waals surface area contributed by atoms with Crippen LogP contribution in [0.25, 0.3) is 16.3 Å². The van der Waals surface area contributed by atoms with Crippen LogP contribution in [0.4, 0.5) is 0 Å². The average Bonchev–Trinajstić information content (AvgIpc) is 3.21. The second-order valence-electron chi connectivity index (χ2n) is 5.21. The lowest BCUT2D eigenvalue weighted by Gasteiger charge is -2.21. The summed E-state index contributed by atoms with van der Waals surface area (Å²) in [5.41, 5.74) is 1.52. The van der Waals surface area contributed by atoms with Crippen LogP contribution in [-0.4, -0.2) is 50.9 Å². The van der Waals surface area contributed by atoms with Crippen LogP contribution in [0, 0.1) is 0 Å². The molecule has 0 spiro atoms. The Morgan fingerprint density at radius 1 is 1.39 bits per heavy atom. The normalized spacial score (nSPS) is 12.7. The third-order valence-electron chi connectivity index (χ3n) is 3.67. The Morgan fingerprint density at radius 3 is 2.91 bits per heavy atom. The number of carbonyl (C=O) groups is 1. The lowest BCUT2D eigenvalue weighted by molar-refractivity contribution is -0.146. The molecule has 0 saturated carbocycles. The molecule has 0 N–H and O–H groups in total. The Balaban J connectivity index is 1.88. The number of ether oxygens (including phenoxy) is 1. The predicted molar refractivity (Wildman–Crippen MR) is 87.0 cm³/mol. The molecule has 0 aliphatic carbocycles. The van der Waals surface area contributed by atoms with E-state index in [-0.39, 0.29) is 12.0 Å². The monoisotopic (exact) mass is 331 g/mol. The zero-order valence-electron chi connectivity index (χ0n) is 13.1. The molecule has 7 nitrogen and oxygen atoms in total. The number of hydrogen-bond acceptors (Lipinski definition) is 7. The summed E-state index contributed by atoms with van der Waals surface area (Å²) in [5, 5.41) is 14.9. The van der Waals surface area contributed by atoms with Crippen LogP contribution < -0.4 is 0 Å². The van der Waals surface area contributed by atoms with Crippen molar-refractivity contribution in [2.24, 2.45) is 0 Å². The van der Waals surface area contributed by atoms with Gasteiger partial charge >= 0.3 is 5.97 Å². The molecular weight excluding hydrogens is 314 g/mol. The van der Waals surface area contributed by atoms with Crippen LogP contribution in [0.5, 0.6) is 0 Å². The highest BCUT2D eigenvalue weighted by molar-refractivity contribution is 7.13. The standard InChI is InChI=1S/C15H17N5O2S/c1-10(15(21)22-3)19(2)9-11-6-7-13-16-17-14(20(13)18-11)12-5-4-8-23-12/h4-8,10H,9H2,1-3H3. The van der Waals surface area contributed by atoms with E-state index in [2.05, 4.69) is 15.3 Å². The largest absolute Gasteiger partial charge is 0.468 e. The van der Waals surface area contributed by atoms with Crippen LogP contribution in [0.15, 0.2) is 29.6 Å². The molecule has 1 unspecified atom stereocenters. The van der Waals surface area contributed by atoms with Gasteiger partial charge in [-0.15, -0.1) is 21.5 Å². The highest BCUT2D eigenvalue weighted by Gasteiger charge is 2.19. The molecule has 0 aliphatic heterocycles. The van der Waals surface area contributed by atoms with Crippen LogP contribution in [0.1, 0.15) is 12.6 Å². The molecule has 0 aromatic carbocycles. The van der Waals surface area contributed by atoms with E-state index in [0.717, 1.165) is 16.4 Å². The van der Waals surface area contributed by atoms with Crippen molar-refractivity contribution < 1.29 is 9.53 Å². The highest BCUT2D eigenvalue weighted by atomic mass is 32.1. The van der Waals surface area contributed by atoms with Gasteiger partial charge in [0.05, 0.1) is 17.7 Å². The number of likely N-dealkylation sites (N-methyl/N-ethyl adjacent to an activating group) is 1. The van der Waals surface area contributed by atoms with E-state index in [9.17, 15) is 4.79 Å². The van der Waals surface area contributed by atoms with Crippen molar-refractivity contribution in [1.29, 1.82) is 0 Å². The van der Waals surface area contributed by atoms with Gasteiger partial charge in [-0.05, 0) is 37.6 Å². The first-order valence-corrected chi connectivity index (χ1v) is 8.01. The van der Waals surface area contributed by atoms with Crippen LogP contribution in [0.2, 0.25) is 0 Å². The molecule has 8 heteroatoms. The van der Waals surface area contributed by atoms with Gasteiger partial charge in [0.1, 0.15) is 6.04 Å². The number of hydrogen-bond donors (Lipinski definition) is 0. The topological polar surface area (TPSA) is 72.6 Å². The van der Waals surface area contributed by atoms with E-state index in [1.165, 1.54) is 7.11 Å². The van der Waals surface area contributed by atoms with Gasteiger partial charge in [-0.1, -0.05) is 6.07 Å². The highest BCUT2D eigenvalue weighted by Crippen LogP contribution is 2.22. The van der Waals surface area contributed by atoms with Crippen molar-refractivity contribution in [1.82, 2.24) is 24.7 Å². The minimum Gasteiger partial charge on any atom is -0.468 e. The van der Waals surface area contributed by atoms with Gasteiger partial charge in [0.15, 0.2) is 11.5 Å². The molecule has 0 radical (unpaired) electrons. The number of fused-ring (bicyclic) bond motifs is 1. The minimum atomic E-state index is -0.338. The summed E-state index contributed by atoms with van der Waals surface area (Å²) >= 11 is 1.59. The van der Waals surface area contributed by atoms with E-state index in [1.54, 1.807) is 22.8 Å². The van der Waals surface area contributed by atoms with Crippen molar-refractivity contribution in [2.75, 3.05) is 14.2 Å². The second-order valence-corrected chi connectivity index (χ2v) is 6.16. The maximum Gasteiger partial charge on any atom is 0.322 e. The Kier molecular flexibility index (Phi) is 4.35. The van der Waals surface area contributed by atoms with Crippen molar-refractivity contribution in [3.8, 4) is 10.7 Å². The molecule has 23 heavy (non-hydrogen) atoms. The van der Waals surface area contributed by atoms with Crippen molar-refractivity contribution in [2.45, 2.75) is 19.5 Å². The first-order chi connectivity index (χ1) is 11.1. The smallest absolute Gasteiger partial charge is 0.322 e. The maximum absolute atomic E-state index is 11.6. The molecule has 1 atom stereocenters. The number of methoxy groups -OCH3 is 1. The van der Waals surface area contributed by atoms with Crippen molar-refractivity contribution in [3.05, 3.63) is 35.3 Å². The zero-order chi connectivity index (χ0) is 16.4. The summed E-state index contributed by atoms with van der Waals surface area (Å²) in [6, 6.07) is 7.39. The van der Waals surface area contributed by atoms with Crippen LogP contribution in [-0.2, 0) is 16.1 Å². The number of thiophene rings is 1. The first-order valence-electron chi connectivity index (χ1n) is 7.13. The summed E-state index contributed by atoms with van der Waals surface area (Å²) < 4.78 is 6.51. The van der Waals surface area contributed by atoms with Crippen LogP contribution in [0.3, 0.4) is 0 Å². The lowest BCUT2D eigenvalue weighted by atomic mass is 10.2. The average molecular weight is 331 g/mol. The summed E-state index contributed by atoms with van der Waals surface area (Å²) in [6.45, 7) is 2.33. The maximum atomic E-state index is 11.6. The lowest BCUT2D eigenvalue weighted by Crippen LogP contribution is -2.36. The Hall–Kier alpha value is -2.32. The molecule has 3 aromatic rings. The molecule has 0 saturated heterocycles. The summed E-state index contributed by atoms with van der Waals surface area (Å²) in [6.07, 6.45) is 0. The van der Waals surface area contributed by atoms with E-state index < -0.39 is 0 Å².